The number of rotatable bonds is 7. The van der Waals surface area contributed by atoms with Gasteiger partial charge in [0.25, 0.3) is 11.6 Å². The van der Waals surface area contributed by atoms with E-state index in [1.54, 1.807) is 11.8 Å². The fourth-order valence-electron chi connectivity index (χ4n) is 4.21. The minimum absolute atomic E-state index is 0.0205. The van der Waals surface area contributed by atoms with Crippen molar-refractivity contribution in [1.29, 1.82) is 0 Å². The molecule has 1 fully saturated rings. The Labute approximate surface area is 182 Å². The molecule has 1 aliphatic rings. The molecule has 1 heterocycles. The topological polar surface area (TPSA) is 92.6 Å². The third-order valence-electron chi connectivity index (χ3n) is 5.99. The molecule has 2 aromatic carbocycles. The minimum Gasteiger partial charge on any atom is -0.354 e. The first-order valence-corrected chi connectivity index (χ1v) is 10.7. The van der Waals surface area contributed by atoms with Crippen LogP contribution in [0.5, 0.6) is 0 Å². The summed E-state index contributed by atoms with van der Waals surface area (Å²) in [6, 6.07) is 13.9. The molecule has 0 aliphatic carbocycles. The van der Waals surface area contributed by atoms with Gasteiger partial charge in [-0.3, -0.25) is 19.7 Å². The number of carbonyl (C=O) groups is 2. The molecule has 7 nitrogen and oxygen atoms in total. The summed E-state index contributed by atoms with van der Waals surface area (Å²) < 4.78 is 0. The highest BCUT2D eigenvalue weighted by molar-refractivity contribution is 5.98. The highest BCUT2D eigenvalue weighted by Crippen LogP contribution is 2.26. The average Bonchev–Trinajstić information content (AvgIpc) is 3.23. The lowest BCUT2D eigenvalue weighted by molar-refractivity contribution is -0.385. The summed E-state index contributed by atoms with van der Waals surface area (Å²) in [4.78, 5) is 38.2. The van der Waals surface area contributed by atoms with Crippen molar-refractivity contribution in [2.24, 2.45) is 5.92 Å². The van der Waals surface area contributed by atoms with E-state index in [0.29, 0.717) is 36.6 Å². The van der Waals surface area contributed by atoms with Crippen LogP contribution in [-0.4, -0.2) is 40.8 Å². The second-order valence-electron chi connectivity index (χ2n) is 8.42. The summed E-state index contributed by atoms with van der Waals surface area (Å²) in [6.07, 6.45) is 1.36. The van der Waals surface area contributed by atoms with Gasteiger partial charge in [0.15, 0.2) is 0 Å². The lowest BCUT2D eigenvalue weighted by atomic mass is 9.88. The molecule has 7 heteroatoms. The molecule has 0 aromatic heterocycles. The third-order valence-corrected chi connectivity index (χ3v) is 5.99. The number of hydrogen-bond acceptors (Lipinski definition) is 4. The number of likely N-dealkylation sites (tertiary alicyclic amines) is 1. The Morgan fingerprint density at radius 3 is 2.52 bits per heavy atom. The molecule has 2 unspecified atom stereocenters. The van der Waals surface area contributed by atoms with Crippen molar-refractivity contribution in [3.05, 3.63) is 75.3 Å². The molecular weight excluding hydrogens is 394 g/mol. The van der Waals surface area contributed by atoms with Gasteiger partial charge in [0.2, 0.25) is 5.91 Å². The molecule has 2 aromatic rings. The van der Waals surface area contributed by atoms with Crippen LogP contribution in [0.15, 0.2) is 48.5 Å². The molecule has 31 heavy (non-hydrogen) atoms. The Kier molecular flexibility index (Phi) is 7.05. The van der Waals surface area contributed by atoms with Crippen LogP contribution in [0, 0.1) is 23.0 Å². The van der Waals surface area contributed by atoms with Crippen molar-refractivity contribution in [1.82, 2.24) is 10.2 Å². The number of amides is 2. The van der Waals surface area contributed by atoms with Crippen LogP contribution in [-0.2, 0) is 4.79 Å². The highest BCUT2D eigenvalue weighted by atomic mass is 16.6. The number of carbonyl (C=O) groups excluding carboxylic acids is 2. The fourth-order valence-corrected chi connectivity index (χ4v) is 4.21. The summed E-state index contributed by atoms with van der Waals surface area (Å²) in [5.74, 6) is 0.130. The summed E-state index contributed by atoms with van der Waals surface area (Å²) in [7, 11) is 0. The molecular formula is C24H29N3O4. The fraction of sp³-hybridized carbons (Fsp3) is 0.417. The Bertz CT molecular complexity index is 959. The normalized spacial score (nSPS) is 16.9. The molecule has 2 atom stereocenters. The number of nitro groups is 1. The predicted molar refractivity (Wildman–Crippen MR) is 119 cm³/mol. The maximum Gasteiger partial charge on any atom is 0.272 e. The van der Waals surface area contributed by atoms with Crippen molar-refractivity contribution in [2.45, 2.75) is 45.6 Å². The Balaban J connectivity index is 1.69. The van der Waals surface area contributed by atoms with Gasteiger partial charge in [0, 0.05) is 36.2 Å². The summed E-state index contributed by atoms with van der Waals surface area (Å²) >= 11 is 0. The molecule has 1 N–H and O–H groups in total. The quantitative estimate of drug-likeness (QED) is 0.537. The second-order valence-corrected chi connectivity index (χ2v) is 8.42. The summed E-state index contributed by atoms with van der Waals surface area (Å²) in [6.45, 7) is 6.88. The first-order valence-electron chi connectivity index (χ1n) is 10.7. The zero-order valence-electron chi connectivity index (χ0n) is 18.2. The van der Waals surface area contributed by atoms with Gasteiger partial charge < -0.3 is 10.2 Å². The average molecular weight is 424 g/mol. The van der Waals surface area contributed by atoms with Crippen LogP contribution in [0.25, 0.3) is 0 Å². The number of aryl methyl sites for hydroxylation is 1. The maximum atomic E-state index is 13.0. The lowest BCUT2D eigenvalue weighted by Crippen LogP contribution is -2.47. The van der Waals surface area contributed by atoms with Crippen molar-refractivity contribution in [2.75, 3.05) is 13.1 Å². The van der Waals surface area contributed by atoms with Gasteiger partial charge in [-0.2, -0.15) is 0 Å². The number of hydrogen-bond donors (Lipinski definition) is 1. The van der Waals surface area contributed by atoms with Crippen molar-refractivity contribution >= 4 is 17.5 Å². The van der Waals surface area contributed by atoms with Crippen LogP contribution in [0.4, 0.5) is 5.69 Å². The molecule has 0 radical (unpaired) electrons. The van der Waals surface area contributed by atoms with E-state index in [-0.39, 0.29) is 23.4 Å². The maximum absolute atomic E-state index is 13.0. The molecule has 0 spiro atoms. The Morgan fingerprint density at radius 1 is 1.19 bits per heavy atom. The van der Waals surface area contributed by atoms with Crippen molar-refractivity contribution in [3.63, 3.8) is 0 Å². The van der Waals surface area contributed by atoms with E-state index in [9.17, 15) is 19.7 Å². The Hall–Kier alpha value is -3.22. The monoisotopic (exact) mass is 423 g/mol. The van der Waals surface area contributed by atoms with Gasteiger partial charge in [0.1, 0.15) is 6.04 Å². The van der Waals surface area contributed by atoms with Gasteiger partial charge in [-0.05, 0) is 43.4 Å². The predicted octanol–water partition coefficient (Wildman–Crippen LogP) is 4.06. The van der Waals surface area contributed by atoms with E-state index in [4.69, 9.17) is 0 Å². The van der Waals surface area contributed by atoms with Gasteiger partial charge in [-0.15, -0.1) is 0 Å². The van der Waals surface area contributed by atoms with Gasteiger partial charge >= 0.3 is 0 Å². The van der Waals surface area contributed by atoms with Crippen LogP contribution in [0.2, 0.25) is 0 Å². The highest BCUT2D eigenvalue weighted by Gasteiger charge is 2.35. The van der Waals surface area contributed by atoms with E-state index in [0.717, 1.165) is 6.42 Å². The number of benzene rings is 2. The van der Waals surface area contributed by atoms with Gasteiger partial charge in [-0.1, -0.05) is 44.2 Å². The van der Waals surface area contributed by atoms with E-state index in [2.05, 4.69) is 31.3 Å². The largest absolute Gasteiger partial charge is 0.354 e. The number of nitrogens with zero attached hydrogens (tertiary/aromatic N) is 2. The van der Waals surface area contributed by atoms with E-state index >= 15 is 0 Å². The first kappa shape index (κ1) is 22.5. The minimum atomic E-state index is -0.522. The van der Waals surface area contributed by atoms with E-state index in [1.807, 2.05) is 18.2 Å². The molecule has 164 valence electrons. The van der Waals surface area contributed by atoms with Gasteiger partial charge in [0.05, 0.1) is 4.92 Å². The lowest BCUT2D eigenvalue weighted by Gasteiger charge is -2.26. The molecule has 0 bridgehead atoms. The first-order chi connectivity index (χ1) is 14.8. The zero-order chi connectivity index (χ0) is 22.5. The summed E-state index contributed by atoms with van der Waals surface area (Å²) in [5.41, 5.74) is 1.96. The Morgan fingerprint density at radius 2 is 1.90 bits per heavy atom. The zero-order valence-corrected chi connectivity index (χ0v) is 18.2. The third kappa shape index (κ3) is 5.10. The van der Waals surface area contributed by atoms with Crippen LogP contribution < -0.4 is 5.32 Å². The van der Waals surface area contributed by atoms with Crippen molar-refractivity contribution < 1.29 is 14.5 Å². The van der Waals surface area contributed by atoms with Crippen LogP contribution in [0.1, 0.15) is 54.1 Å². The molecule has 0 saturated carbocycles. The standard InChI is InChI=1S/C24H29N3O4/c1-16(2)20(18-8-5-4-6-9-18)15-25-23(28)22-10-7-13-26(22)24(29)19-11-12-21(27(30)31)17(3)14-19/h4-6,8-9,11-12,14,16,20,22H,7,10,13,15H2,1-3H3,(H,25,28). The molecule has 1 aliphatic heterocycles. The van der Waals surface area contributed by atoms with E-state index in [1.165, 1.54) is 23.8 Å². The number of nitro benzene ring substituents is 1. The van der Waals surface area contributed by atoms with Crippen molar-refractivity contribution in [3.8, 4) is 0 Å². The molecule has 2 amide bonds. The number of nitrogens with one attached hydrogen (secondary N) is 1. The molecule has 3 rings (SSSR count). The van der Waals surface area contributed by atoms with E-state index < -0.39 is 11.0 Å². The smallest absolute Gasteiger partial charge is 0.272 e. The van der Waals surface area contributed by atoms with Crippen LogP contribution >= 0.6 is 0 Å². The summed E-state index contributed by atoms with van der Waals surface area (Å²) in [5, 5.41) is 14.1. The second kappa shape index (κ2) is 9.73. The van der Waals surface area contributed by atoms with Gasteiger partial charge in [-0.25, -0.2) is 0 Å². The SMILES string of the molecule is Cc1cc(C(=O)N2CCCC2C(=O)NCC(c2ccccc2)C(C)C)ccc1[N+](=O)[O-]. The van der Waals surface area contributed by atoms with Crippen LogP contribution in [0.3, 0.4) is 0 Å². The molecule has 1 saturated heterocycles.